The van der Waals surface area contributed by atoms with Crippen molar-refractivity contribution in [1.82, 2.24) is 0 Å². The van der Waals surface area contributed by atoms with Gasteiger partial charge in [0, 0.05) is 17.1 Å². The summed E-state index contributed by atoms with van der Waals surface area (Å²) in [5.41, 5.74) is 2.92. The summed E-state index contributed by atoms with van der Waals surface area (Å²) in [4.78, 5) is 24.8. The molecule has 31 heavy (non-hydrogen) atoms. The summed E-state index contributed by atoms with van der Waals surface area (Å²) in [5.74, 6) is -0.647. The molecule has 1 atom stereocenters. The molecule has 4 nitrogen and oxygen atoms in total. The topological polar surface area (TPSA) is 63.6 Å². The van der Waals surface area contributed by atoms with Crippen LogP contribution in [-0.2, 0) is 21.7 Å². The van der Waals surface area contributed by atoms with E-state index in [4.69, 9.17) is 4.74 Å². The molecule has 0 bridgehead atoms. The number of hydrogen-bond donors (Lipinski definition) is 1. The monoisotopic (exact) mass is 432 g/mol. The van der Waals surface area contributed by atoms with E-state index in [-0.39, 0.29) is 18.5 Å². The number of carboxylic acid groups (broad SMARTS) is 1. The van der Waals surface area contributed by atoms with E-state index in [1.54, 1.807) is 30.0 Å². The zero-order valence-electron chi connectivity index (χ0n) is 17.1. The van der Waals surface area contributed by atoms with E-state index >= 15 is 0 Å². The van der Waals surface area contributed by atoms with Gasteiger partial charge in [-0.25, -0.2) is 4.79 Å². The minimum atomic E-state index is -0.921. The van der Waals surface area contributed by atoms with Crippen LogP contribution in [0, 0.1) is 0 Å². The number of rotatable bonds is 10. The first kappa shape index (κ1) is 22.4. The molecule has 0 fully saturated rings. The molecular formula is C26H24O4S. The van der Waals surface area contributed by atoms with Gasteiger partial charge in [0.2, 0.25) is 0 Å². The van der Waals surface area contributed by atoms with E-state index in [1.165, 1.54) is 0 Å². The van der Waals surface area contributed by atoms with Crippen molar-refractivity contribution in [3.8, 4) is 0 Å². The van der Waals surface area contributed by atoms with Crippen LogP contribution in [0.1, 0.15) is 39.6 Å². The van der Waals surface area contributed by atoms with Crippen molar-refractivity contribution in [3.63, 3.8) is 0 Å². The molecule has 3 rings (SSSR count). The van der Waals surface area contributed by atoms with Crippen molar-refractivity contribution in [3.05, 3.63) is 114 Å². The number of esters is 1. The van der Waals surface area contributed by atoms with Gasteiger partial charge < -0.3 is 9.84 Å². The minimum Gasteiger partial charge on any atom is -0.478 e. The number of hydrogen-bond acceptors (Lipinski definition) is 4. The van der Waals surface area contributed by atoms with Crippen molar-refractivity contribution < 1.29 is 19.4 Å². The zero-order valence-corrected chi connectivity index (χ0v) is 17.9. The highest BCUT2D eigenvalue weighted by atomic mass is 32.2. The lowest BCUT2D eigenvalue weighted by Crippen LogP contribution is -2.13. The Morgan fingerprint density at radius 1 is 0.968 bits per heavy atom. The highest BCUT2D eigenvalue weighted by molar-refractivity contribution is 7.98. The number of aromatic carboxylic acids is 1. The van der Waals surface area contributed by atoms with E-state index in [9.17, 15) is 14.7 Å². The maximum absolute atomic E-state index is 12.5. The quantitative estimate of drug-likeness (QED) is 0.239. The summed E-state index contributed by atoms with van der Waals surface area (Å²) >= 11 is 1.56. The Morgan fingerprint density at radius 2 is 1.65 bits per heavy atom. The number of ether oxygens (including phenoxy) is 1. The summed E-state index contributed by atoms with van der Waals surface area (Å²) < 4.78 is 5.68. The van der Waals surface area contributed by atoms with Crippen LogP contribution >= 0.6 is 11.8 Å². The molecule has 5 heteroatoms. The van der Waals surface area contributed by atoms with Crippen LogP contribution in [0.25, 0.3) is 0 Å². The molecular weight excluding hydrogens is 408 g/mol. The lowest BCUT2D eigenvalue weighted by molar-refractivity contribution is -0.148. The van der Waals surface area contributed by atoms with E-state index < -0.39 is 5.97 Å². The smallest absolute Gasteiger partial charge is 0.335 e. The van der Waals surface area contributed by atoms with Crippen LogP contribution < -0.4 is 0 Å². The second-order valence-electron chi connectivity index (χ2n) is 6.99. The molecule has 3 aromatic carbocycles. The first-order chi connectivity index (χ1) is 15.1. The highest BCUT2D eigenvalue weighted by Crippen LogP contribution is 2.26. The normalized spacial score (nSPS) is 11.5. The first-order valence-corrected chi connectivity index (χ1v) is 10.9. The summed E-state index contributed by atoms with van der Waals surface area (Å²) in [6, 6.07) is 24.3. The van der Waals surface area contributed by atoms with Crippen molar-refractivity contribution in [1.29, 1.82) is 0 Å². The van der Waals surface area contributed by atoms with E-state index in [2.05, 4.69) is 6.58 Å². The molecule has 3 aromatic rings. The predicted octanol–water partition coefficient (Wildman–Crippen LogP) is 6.08. The summed E-state index contributed by atoms with van der Waals surface area (Å²) in [7, 11) is 0. The largest absolute Gasteiger partial charge is 0.478 e. The Labute approximate surface area is 186 Å². The second-order valence-corrected chi connectivity index (χ2v) is 8.03. The predicted molar refractivity (Wildman–Crippen MR) is 123 cm³/mol. The standard InChI is InChI=1S/C26H24O4S/c1-2-8-24(20-9-4-3-5-10-20)30-25(27)17-19-13-15-22(16-14-19)31-18-21-11-6-7-12-23(21)26(28)29/h2-7,9-16,24H,1,8,17-18H2,(H,28,29). The van der Waals surface area contributed by atoms with Gasteiger partial charge in [-0.3, -0.25) is 4.79 Å². The summed E-state index contributed by atoms with van der Waals surface area (Å²) in [6.45, 7) is 3.76. The van der Waals surface area contributed by atoms with Crippen molar-refractivity contribution in [2.45, 2.75) is 29.6 Å². The molecule has 1 unspecified atom stereocenters. The Morgan fingerprint density at radius 3 is 2.32 bits per heavy atom. The lowest BCUT2D eigenvalue weighted by Gasteiger charge is -2.17. The molecule has 1 N–H and O–H groups in total. The van der Waals surface area contributed by atoms with Gasteiger partial charge in [-0.2, -0.15) is 0 Å². The van der Waals surface area contributed by atoms with Crippen molar-refractivity contribution in [2.24, 2.45) is 0 Å². The number of benzene rings is 3. The molecule has 0 heterocycles. The maximum Gasteiger partial charge on any atom is 0.335 e. The van der Waals surface area contributed by atoms with Gasteiger partial charge in [-0.15, -0.1) is 18.3 Å². The molecule has 0 saturated heterocycles. The van der Waals surface area contributed by atoms with Gasteiger partial charge in [-0.05, 0) is 34.9 Å². The average Bonchev–Trinajstić information content (AvgIpc) is 2.79. The van der Waals surface area contributed by atoms with Crippen LogP contribution in [0.3, 0.4) is 0 Å². The minimum absolute atomic E-state index is 0.188. The Bertz CT molecular complexity index is 1030. The number of carboxylic acids is 1. The lowest BCUT2D eigenvalue weighted by atomic mass is 10.1. The van der Waals surface area contributed by atoms with Crippen molar-refractivity contribution >= 4 is 23.7 Å². The molecule has 0 aliphatic heterocycles. The van der Waals surface area contributed by atoms with Crippen LogP contribution in [-0.4, -0.2) is 17.0 Å². The fraction of sp³-hybridized carbons (Fsp3) is 0.154. The molecule has 0 amide bonds. The van der Waals surface area contributed by atoms with E-state index in [0.29, 0.717) is 17.7 Å². The summed E-state index contributed by atoms with van der Waals surface area (Å²) in [5, 5.41) is 9.29. The molecule has 0 aliphatic carbocycles. The number of thioether (sulfide) groups is 1. The van der Waals surface area contributed by atoms with Crippen LogP contribution in [0.4, 0.5) is 0 Å². The molecule has 158 valence electrons. The molecule has 0 aliphatic rings. The Hall–Kier alpha value is -3.31. The van der Waals surface area contributed by atoms with Crippen LogP contribution in [0.2, 0.25) is 0 Å². The van der Waals surface area contributed by atoms with Gasteiger partial charge in [0.05, 0.1) is 12.0 Å². The Kier molecular flexibility index (Phi) is 8.07. The van der Waals surface area contributed by atoms with E-state index in [0.717, 1.165) is 21.6 Å². The zero-order chi connectivity index (χ0) is 22.1. The highest BCUT2D eigenvalue weighted by Gasteiger charge is 2.16. The van der Waals surface area contributed by atoms with Gasteiger partial charge in [0.25, 0.3) is 0 Å². The fourth-order valence-corrected chi connectivity index (χ4v) is 4.06. The van der Waals surface area contributed by atoms with Crippen molar-refractivity contribution in [2.75, 3.05) is 0 Å². The molecule has 0 aromatic heterocycles. The maximum atomic E-state index is 12.5. The average molecular weight is 433 g/mol. The first-order valence-electron chi connectivity index (χ1n) is 9.95. The second kappa shape index (κ2) is 11.2. The summed E-state index contributed by atoms with van der Waals surface area (Å²) in [6.07, 6.45) is 2.16. The van der Waals surface area contributed by atoms with Gasteiger partial charge in [0.15, 0.2) is 0 Å². The Balaban J connectivity index is 1.57. The third-order valence-corrected chi connectivity index (χ3v) is 5.80. The van der Waals surface area contributed by atoms with Gasteiger partial charge in [-0.1, -0.05) is 66.7 Å². The van der Waals surface area contributed by atoms with Crippen LogP contribution in [0.5, 0.6) is 0 Å². The molecule has 0 radical (unpaired) electrons. The van der Waals surface area contributed by atoms with E-state index in [1.807, 2.05) is 66.7 Å². The third kappa shape index (κ3) is 6.59. The number of carbonyl (C=O) groups is 2. The molecule has 0 spiro atoms. The number of carbonyl (C=O) groups excluding carboxylic acids is 1. The fourth-order valence-electron chi connectivity index (χ4n) is 3.16. The molecule has 0 saturated carbocycles. The third-order valence-electron chi connectivity index (χ3n) is 4.74. The van der Waals surface area contributed by atoms with Gasteiger partial charge in [0.1, 0.15) is 6.10 Å². The van der Waals surface area contributed by atoms with Crippen LogP contribution in [0.15, 0.2) is 96.4 Å². The SMILES string of the molecule is C=CCC(OC(=O)Cc1ccc(SCc2ccccc2C(=O)O)cc1)c1ccccc1. The van der Waals surface area contributed by atoms with Gasteiger partial charge >= 0.3 is 11.9 Å².